The molecule has 1 aromatic rings. The van der Waals surface area contributed by atoms with Gasteiger partial charge in [0.1, 0.15) is 5.75 Å². The van der Waals surface area contributed by atoms with Gasteiger partial charge in [-0.1, -0.05) is 17.3 Å². The summed E-state index contributed by atoms with van der Waals surface area (Å²) in [6, 6.07) is 8.13. The predicted molar refractivity (Wildman–Crippen MR) is 77.2 cm³/mol. The van der Waals surface area contributed by atoms with Crippen molar-refractivity contribution in [3.8, 4) is 11.8 Å². The van der Waals surface area contributed by atoms with Crippen LogP contribution < -0.4 is 4.74 Å². The molecule has 0 amide bonds. The maximum atomic E-state index is 8.97. The van der Waals surface area contributed by atoms with Gasteiger partial charge in [-0.3, -0.25) is 0 Å². The van der Waals surface area contributed by atoms with Crippen LogP contribution in [0.1, 0.15) is 44.2 Å². The molecule has 0 fully saturated rings. The van der Waals surface area contributed by atoms with Gasteiger partial charge in [0.05, 0.1) is 23.8 Å². The molecule has 0 radical (unpaired) electrons. The zero-order chi connectivity index (χ0) is 14.6. The van der Waals surface area contributed by atoms with Gasteiger partial charge in [0.15, 0.2) is 0 Å². The lowest BCUT2D eigenvalue weighted by molar-refractivity contribution is 0.282. The highest BCUT2D eigenvalue weighted by Crippen LogP contribution is 2.31. The van der Waals surface area contributed by atoms with Crippen LogP contribution in [0.4, 0.5) is 0 Å². The first-order valence-corrected chi connectivity index (χ1v) is 6.94. The Balaban J connectivity index is 1.96. The van der Waals surface area contributed by atoms with E-state index in [-0.39, 0.29) is 5.41 Å². The summed E-state index contributed by atoms with van der Waals surface area (Å²) < 4.78 is 5.84. The van der Waals surface area contributed by atoms with Crippen molar-refractivity contribution in [2.24, 2.45) is 10.6 Å². The van der Waals surface area contributed by atoms with Gasteiger partial charge in [0.2, 0.25) is 0 Å². The van der Waals surface area contributed by atoms with Crippen molar-refractivity contribution in [1.82, 2.24) is 0 Å². The molecular weight excluding hydrogens is 252 g/mol. The average Bonchev–Trinajstić information content (AvgIpc) is 2.87. The normalized spacial score (nSPS) is 15.9. The molecule has 106 valence electrons. The Morgan fingerprint density at radius 1 is 1.40 bits per heavy atom. The van der Waals surface area contributed by atoms with Gasteiger partial charge in [-0.25, -0.2) is 0 Å². The average molecular weight is 272 g/mol. The molecule has 0 unspecified atom stereocenters. The Morgan fingerprint density at radius 3 is 2.90 bits per heavy atom. The number of ether oxygens (including phenoxy) is 1. The number of nitriles is 1. The minimum atomic E-state index is -0.293. The Morgan fingerprint density at radius 2 is 2.20 bits per heavy atom. The zero-order valence-electron chi connectivity index (χ0n) is 12.0. The van der Waals surface area contributed by atoms with E-state index >= 15 is 0 Å². The van der Waals surface area contributed by atoms with Crippen LogP contribution in [0.3, 0.4) is 0 Å². The molecule has 0 spiro atoms. The van der Waals surface area contributed by atoms with Gasteiger partial charge in [-0.05, 0) is 45.6 Å². The lowest BCUT2D eigenvalue weighted by Gasteiger charge is -2.15. The fourth-order valence-electron chi connectivity index (χ4n) is 2.46. The summed E-state index contributed by atoms with van der Waals surface area (Å²) in [5, 5.41) is 21.3. The summed E-state index contributed by atoms with van der Waals surface area (Å²) in [6.07, 6.45) is 3.29. The van der Waals surface area contributed by atoms with E-state index in [1.54, 1.807) is 0 Å². The van der Waals surface area contributed by atoms with Gasteiger partial charge in [0.25, 0.3) is 0 Å². The van der Waals surface area contributed by atoms with Crippen LogP contribution in [-0.4, -0.2) is 17.5 Å². The summed E-state index contributed by atoms with van der Waals surface area (Å²) in [5.41, 5.74) is 2.55. The highest BCUT2D eigenvalue weighted by Gasteiger charge is 2.22. The van der Waals surface area contributed by atoms with Gasteiger partial charge in [-0.2, -0.15) is 5.26 Å². The monoisotopic (exact) mass is 272 g/mol. The highest BCUT2D eigenvalue weighted by atomic mass is 16.5. The lowest BCUT2D eigenvalue weighted by Crippen LogP contribution is -2.10. The molecule has 1 aliphatic carbocycles. The molecule has 4 nitrogen and oxygen atoms in total. The molecule has 0 aliphatic heterocycles. The van der Waals surface area contributed by atoms with Crippen molar-refractivity contribution >= 4 is 5.71 Å². The molecule has 1 N–H and O–H groups in total. The maximum Gasteiger partial charge on any atom is 0.123 e. The van der Waals surface area contributed by atoms with Gasteiger partial charge >= 0.3 is 0 Å². The van der Waals surface area contributed by atoms with Gasteiger partial charge in [0, 0.05) is 11.1 Å². The fraction of sp³-hybridized carbons (Fsp3) is 0.500. The van der Waals surface area contributed by atoms with E-state index in [1.165, 1.54) is 0 Å². The maximum absolute atomic E-state index is 8.97. The Kier molecular flexibility index (Phi) is 4.29. The summed E-state index contributed by atoms with van der Waals surface area (Å²) in [7, 11) is 0. The van der Waals surface area contributed by atoms with E-state index in [0.29, 0.717) is 6.61 Å². The molecule has 0 bridgehead atoms. The second-order valence-corrected chi connectivity index (χ2v) is 5.78. The van der Waals surface area contributed by atoms with E-state index < -0.39 is 0 Å². The molecule has 1 aliphatic rings. The molecule has 4 heteroatoms. The third-order valence-corrected chi connectivity index (χ3v) is 3.68. The number of benzene rings is 1. The standard InChI is InChI=1S/C16H20N2O2/c1-16(2,11-17)9-4-10-20-15-6-3-5-12-13(15)7-8-14(12)18-19/h3,5-6,19H,4,7-10H2,1-2H3. The van der Waals surface area contributed by atoms with Crippen LogP contribution in [0.15, 0.2) is 23.4 Å². The van der Waals surface area contributed by atoms with Gasteiger partial charge in [-0.15, -0.1) is 0 Å². The van der Waals surface area contributed by atoms with Crippen molar-refractivity contribution in [1.29, 1.82) is 5.26 Å². The first-order valence-electron chi connectivity index (χ1n) is 6.94. The minimum absolute atomic E-state index is 0.293. The van der Waals surface area contributed by atoms with Crippen LogP contribution >= 0.6 is 0 Å². The van der Waals surface area contributed by atoms with Crippen LogP contribution in [-0.2, 0) is 6.42 Å². The first kappa shape index (κ1) is 14.4. The Hall–Kier alpha value is -2.02. The summed E-state index contributed by atoms with van der Waals surface area (Å²) in [5.74, 6) is 0.871. The Bertz CT molecular complexity index is 556. The van der Waals surface area contributed by atoms with Crippen LogP contribution in [0.2, 0.25) is 0 Å². The lowest BCUT2D eigenvalue weighted by atomic mass is 9.90. The molecule has 0 aromatic heterocycles. The largest absolute Gasteiger partial charge is 0.493 e. The Labute approximate surface area is 119 Å². The number of hydrogen-bond donors (Lipinski definition) is 1. The third kappa shape index (κ3) is 3.11. The SMILES string of the molecule is CC(C)(C#N)CCCOc1cccc2c1CCC2=NO. The number of fused-ring (bicyclic) bond motifs is 1. The quantitative estimate of drug-likeness (QED) is 0.506. The molecule has 2 rings (SSSR count). The van der Waals surface area contributed by atoms with E-state index in [1.807, 2.05) is 32.0 Å². The van der Waals surface area contributed by atoms with E-state index in [2.05, 4.69) is 11.2 Å². The minimum Gasteiger partial charge on any atom is -0.493 e. The summed E-state index contributed by atoms with van der Waals surface area (Å²) >= 11 is 0. The van der Waals surface area contributed by atoms with Gasteiger partial charge < -0.3 is 9.94 Å². The number of nitrogens with zero attached hydrogens (tertiary/aromatic N) is 2. The third-order valence-electron chi connectivity index (χ3n) is 3.68. The van der Waals surface area contributed by atoms with E-state index in [4.69, 9.17) is 15.2 Å². The fourth-order valence-corrected chi connectivity index (χ4v) is 2.46. The van der Waals surface area contributed by atoms with Crippen LogP contribution in [0.5, 0.6) is 5.75 Å². The molecule has 20 heavy (non-hydrogen) atoms. The summed E-state index contributed by atoms with van der Waals surface area (Å²) in [4.78, 5) is 0. The topological polar surface area (TPSA) is 65.6 Å². The molecule has 1 aromatic carbocycles. The van der Waals surface area contributed by atoms with E-state index in [9.17, 15) is 0 Å². The molecular formula is C16H20N2O2. The van der Waals surface area contributed by atoms with Crippen LogP contribution in [0.25, 0.3) is 0 Å². The number of rotatable bonds is 5. The highest BCUT2D eigenvalue weighted by molar-refractivity contribution is 6.04. The van der Waals surface area contributed by atoms with Crippen molar-refractivity contribution < 1.29 is 9.94 Å². The van der Waals surface area contributed by atoms with Crippen molar-refractivity contribution in [3.05, 3.63) is 29.3 Å². The molecule has 0 saturated heterocycles. The van der Waals surface area contributed by atoms with E-state index in [0.717, 1.165) is 48.3 Å². The van der Waals surface area contributed by atoms with Crippen LogP contribution in [0, 0.1) is 16.7 Å². The smallest absolute Gasteiger partial charge is 0.123 e. The second-order valence-electron chi connectivity index (χ2n) is 5.78. The van der Waals surface area contributed by atoms with Crippen molar-refractivity contribution in [2.75, 3.05) is 6.61 Å². The number of oxime groups is 1. The van der Waals surface area contributed by atoms with Crippen molar-refractivity contribution in [3.63, 3.8) is 0 Å². The summed E-state index contributed by atoms with van der Waals surface area (Å²) in [6.45, 7) is 4.49. The second kappa shape index (κ2) is 5.96. The molecule has 0 saturated carbocycles. The van der Waals surface area contributed by atoms with Crippen molar-refractivity contribution in [2.45, 2.75) is 39.5 Å². The predicted octanol–water partition coefficient (Wildman–Crippen LogP) is 3.52. The first-order chi connectivity index (χ1) is 9.57. The zero-order valence-corrected chi connectivity index (χ0v) is 12.0. The molecule has 0 atom stereocenters. The molecule has 0 heterocycles. The number of hydrogen-bond acceptors (Lipinski definition) is 4.